The van der Waals surface area contributed by atoms with Gasteiger partial charge in [-0.2, -0.15) is 0 Å². The first-order valence-corrected chi connectivity index (χ1v) is 10.8. The lowest BCUT2D eigenvalue weighted by Crippen LogP contribution is -2.38. The number of H-pyrrole nitrogens is 1. The zero-order chi connectivity index (χ0) is 22.5. The van der Waals surface area contributed by atoms with E-state index < -0.39 is 0 Å². The first kappa shape index (κ1) is 21.5. The summed E-state index contributed by atoms with van der Waals surface area (Å²) in [4.78, 5) is 18.6. The van der Waals surface area contributed by atoms with Gasteiger partial charge in [0.25, 0.3) is 5.91 Å². The van der Waals surface area contributed by atoms with E-state index in [9.17, 15) is 4.79 Å². The number of aromatic nitrogens is 1. The van der Waals surface area contributed by atoms with Crippen molar-refractivity contribution in [2.75, 3.05) is 20.3 Å². The predicted molar refractivity (Wildman–Crippen MR) is 127 cm³/mol. The Balaban J connectivity index is 1.69. The summed E-state index contributed by atoms with van der Waals surface area (Å²) in [5.74, 6) is 1.41. The Labute approximate surface area is 188 Å². The summed E-state index contributed by atoms with van der Waals surface area (Å²) >= 11 is 0. The van der Waals surface area contributed by atoms with Gasteiger partial charge in [0.1, 0.15) is 11.5 Å². The summed E-state index contributed by atoms with van der Waals surface area (Å²) in [6.07, 6.45) is 2.00. The fourth-order valence-electron chi connectivity index (χ4n) is 4.07. The molecule has 164 valence electrons. The third-order valence-electron chi connectivity index (χ3n) is 5.67. The Morgan fingerprint density at radius 3 is 2.50 bits per heavy atom. The van der Waals surface area contributed by atoms with Crippen molar-refractivity contribution in [1.82, 2.24) is 9.88 Å². The zero-order valence-electron chi connectivity index (χ0n) is 18.7. The molecule has 5 heteroatoms. The quantitative estimate of drug-likeness (QED) is 0.403. The van der Waals surface area contributed by atoms with E-state index in [1.54, 1.807) is 7.11 Å². The summed E-state index contributed by atoms with van der Waals surface area (Å²) < 4.78 is 11.2. The lowest BCUT2D eigenvalue weighted by atomic mass is 9.96. The number of ether oxygens (including phenoxy) is 2. The minimum atomic E-state index is -0.254. The van der Waals surface area contributed by atoms with Crippen LogP contribution in [-0.4, -0.2) is 36.1 Å². The van der Waals surface area contributed by atoms with E-state index in [1.807, 2.05) is 91.7 Å². The maximum absolute atomic E-state index is 13.4. The van der Waals surface area contributed by atoms with E-state index in [1.165, 1.54) is 0 Å². The number of para-hydroxylation sites is 1. The third kappa shape index (κ3) is 4.47. The number of amides is 1. The van der Waals surface area contributed by atoms with Crippen LogP contribution in [0.5, 0.6) is 11.5 Å². The van der Waals surface area contributed by atoms with Crippen molar-refractivity contribution in [2.45, 2.75) is 19.9 Å². The van der Waals surface area contributed by atoms with Crippen LogP contribution in [0.25, 0.3) is 10.9 Å². The van der Waals surface area contributed by atoms with Gasteiger partial charge in [-0.05, 0) is 55.3 Å². The highest BCUT2D eigenvalue weighted by molar-refractivity contribution is 5.86. The molecule has 5 nitrogen and oxygen atoms in total. The van der Waals surface area contributed by atoms with Gasteiger partial charge in [-0.25, -0.2) is 0 Å². The second-order valence-electron chi connectivity index (χ2n) is 7.75. The van der Waals surface area contributed by atoms with E-state index in [-0.39, 0.29) is 18.6 Å². The van der Waals surface area contributed by atoms with Crippen LogP contribution >= 0.6 is 0 Å². The van der Waals surface area contributed by atoms with Gasteiger partial charge in [0.2, 0.25) is 0 Å². The first-order valence-electron chi connectivity index (χ1n) is 10.8. The molecule has 1 N–H and O–H groups in total. The van der Waals surface area contributed by atoms with Crippen molar-refractivity contribution in [3.63, 3.8) is 0 Å². The molecule has 1 heterocycles. The van der Waals surface area contributed by atoms with Crippen LogP contribution in [0.4, 0.5) is 0 Å². The van der Waals surface area contributed by atoms with E-state index >= 15 is 0 Å². The first-order chi connectivity index (χ1) is 15.6. The topological polar surface area (TPSA) is 54.6 Å². The van der Waals surface area contributed by atoms with Crippen LogP contribution in [-0.2, 0) is 4.79 Å². The number of carbonyl (C=O) groups excluding carboxylic acids is 1. The minimum Gasteiger partial charge on any atom is -0.497 e. The lowest BCUT2D eigenvalue weighted by molar-refractivity contribution is -0.134. The van der Waals surface area contributed by atoms with Gasteiger partial charge in [-0.15, -0.1) is 0 Å². The summed E-state index contributed by atoms with van der Waals surface area (Å²) in [7, 11) is 1.65. The largest absolute Gasteiger partial charge is 0.497 e. The molecule has 0 aliphatic heterocycles. The number of hydrogen-bond acceptors (Lipinski definition) is 3. The fourth-order valence-corrected chi connectivity index (χ4v) is 4.07. The standard InChI is InChI=1S/C27H28N2O3/c1-4-29(26(30)18-32-22-9-7-8-19(2)16-22)27(20-12-14-21(31-3)15-13-20)24-17-28-25-11-6-5-10-23(24)25/h5-17,27-28H,4,18H2,1-3H3. The molecule has 1 aromatic heterocycles. The molecule has 0 aliphatic rings. The molecule has 0 radical (unpaired) electrons. The Morgan fingerprint density at radius 2 is 1.78 bits per heavy atom. The van der Waals surface area contributed by atoms with Crippen molar-refractivity contribution in [2.24, 2.45) is 0 Å². The van der Waals surface area contributed by atoms with Crippen LogP contribution in [0.2, 0.25) is 0 Å². The summed E-state index contributed by atoms with van der Waals surface area (Å²) in [5.41, 5.74) is 4.20. The number of fused-ring (bicyclic) bond motifs is 1. The zero-order valence-corrected chi connectivity index (χ0v) is 18.7. The van der Waals surface area contributed by atoms with Crippen LogP contribution < -0.4 is 9.47 Å². The van der Waals surface area contributed by atoms with Crippen LogP contribution in [0.15, 0.2) is 79.0 Å². The Kier molecular flexibility index (Phi) is 6.45. The number of carbonyl (C=O) groups is 1. The molecule has 4 rings (SSSR count). The highest BCUT2D eigenvalue weighted by Gasteiger charge is 2.28. The van der Waals surface area contributed by atoms with E-state index in [2.05, 4.69) is 11.1 Å². The average Bonchev–Trinajstić information content (AvgIpc) is 3.25. The molecule has 3 aromatic carbocycles. The van der Waals surface area contributed by atoms with E-state index in [0.717, 1.165) is 33.3 Å². The summed E-state index contributed by atoms with van der Waals surface area (Å²) in [6.45, 7) is 4.53. The lowest BCUT2D eigenvalue weighted by Gasteiger charge is -2.31. The number of methoxy groups -OCH3 is 1. The van der Waals surface area contributed by atoms with Crippen LogP contribution in [0.3, 0.4) is 0 Å². The van der Waals surface area contributed by atoms with Gasteiger partial charge < -0.3 is 19.4 Å². The van der Waals surface area contributed by atoms with E-state index in [4.69, 9.17) is 9.47 Å². The molecule has 32 heavy (non-hydrogen) atoms. The number of nitrogens with one attached hydrogen (secondary N) is 1. The molecule has 0 bridgehead atoms. The molecule has 0 aliphatic carbocycles. The monoisotopic (exact) mass is 428 g/mol. The Bertz CT molecular complexity index is 1200. The van der Waals surface area contributed by atoms with Crippen LogP contribution in [0, 0.1) is 6.92 Å². The molecule has 1 unspecified atom stereocenters. The summed E-state index contributed by atoms with van der Waals surface area (Å²) in [6, 6.07) is 23.5. The minimum absolute atomic E-state index is 0.0215. The second kappa shape index (κ2) is 9.60. The number of rotatable bonds is 8. The van der Waals surface area contributed by atoms with Crippen molar-refractivity contribution in [3.8, 4) is 11.5 Å². The summed E-state index contributed by atoms with van der Waals surface area (Å²) in [5, 5.41) is 1.10. The van der Waals surface area contributed by atoms with Gasteiger partial charge in [0.05, 0.1) is 13.2 Å². The highest BCUT2D eigenvalue weighted by Crippen LogP contribution is 2.34. The fraction of sp³-hybridized carbons (Fsp3) is 0.222. The second-order valence-corrected chi connectivity index (χ2v) is 7.75. The molecular weight excluding hydrogens is 400 g/mol. The molecule has 4 aromatic rings. The van der Waals surface area contributed by atoms with Gasteiger partial charge in [0.15, 0.2) is 6.61 Å². The van der Waals surface area contributed by atoms with Crippen LogP contribution in [0.1, 0.15) is 29.7 Å². The molecule has 0 spiro atoms. The molecule has 1 atom stereocenters. The van der Waals surface area contributed by atoms with Crippen molar-refractivity contribution < 1.29 is 14.3 Å². The van der Waals surface area contributed by atoms with Gasteiger partial charge in [-0.3, -0.25) is 4.79 Å². The number of aromatic amines is 1. The van der Waals surface area contributed by atoms with Crippen molar-refractivity contribution >= 4 is 16.8 Å². The normalized spacial score (nSPS) is 11.8. The van der Waals surface area contributed by atoms with E-state index in [0.29, 0.717) is 12.3 Å². The Morgan fingerprint density at radius 1 is 1.00 bits per heavy atom. The predicted octanol–water partition coefficient (Wildman–Crippen LogP) is 5.50. The number of likely N-dealkylation sites (N-methyl/N-ethyl adjacent to an activating group) is 1. The SMILES string of the molecule is CCN(C(=O)COc1cccc(C)c1)C(c1ccc(OC)cc1)c1c[nH]c2ccccc12. The van der Waals surface area contributed by atoms with Gasteiger partial charge in [0, 0.05) is 29.2 Å². The Hall–Kier alpha value is -3.73. The maximum Gasteiger partial charge on any atom is 0.261 e. The highest BCUT2D eigenvalue weighted by atomic mass is 16.5. The molecular formula is C27H28N2O3. The number of nitrogens with zero attached hydrogens (tertiary/aromatic N) is 1. The maximum atomic E-state index is 13.4. The van der Waals surface area contributed by atoms with Crippen molar-refractivity contribution in [3.05, 3.63) is 95.7 Å². The number of benzene rings is 3. The third-order valence-corrected chi connectivity index (χ3v) is 5.67. The van der Waals surface area contributed by atoms with Crippen molar-refractivity contribution in [1.29, 1.82) is 0 Å². The number of hydrogen-bond donors (Lipinski definition) is 1. The van der Waals surface area contributed by atoms with Gasteiger partial charge >= 0.3 is 0 Å². The molecule has 0 saturated carbocycles. The molecule has 0 fully saturated rings. The molecule has 1 amide bonds. The number of aryl methyl sites for hydroxylation is 1. The molecule has 0 saturated heterocycles. The average molecular weight is 429 g/mol. The smallest absolute Gasteiger partial charge is 0.261 e. The van der Waals surface area contributed by atoms with Gasteiger partial charge in [-0.1, -0.05) is 42.5 Å².